The van der Waals surface area contributed by atoms with Crippen LogP contribution in [0.4, 0.5) is 0 Å². The van der Waals surface area contributed by atoms with E-state index in [2.05, 4.69) is 4.74 Å². The van der Waals surface area contributed by atoms with Gasteiger partial charge in [-0.15, -0.1) is 0 Å². The van der Waals surface area contributed by atoms with Crippen molar-refractivity contribution in [2.75, 3.05) is 7.04 Å². The highest BCUT2D eigenvalue weighted by molar-refractivity contribution is 6.62. The van der Waals surface area contributed by atoms with E-state index in [1.54, 1.807) is 12.1 Å². The summed E-state index contributed by atoms with van der Waals surface area (Å²) in [6.07, 6.45) is 0. The maximum absolute atomic E-state index is 7.75. The summed E-state index contributed by atoms with van der Waals surface area (Å²) in [5, 5.41) is 0. The molecule has 0 atom stereocenters. The molecule has 4 heteroatoms. The van der Waals surface area contributed by atoms with Gasteiger partial charge in [0.15, 0.2) is 0 Å². The summed E-state index contributed by atoms with van der Waals surface area (Å²) < 4.78 is 53.0. The predicted molar refractivity (Wildman–Crippen MR) is 72.9 cm³/mol. The minimum atomic E-state index is -2.81. The van der Waals surface area contributed by atoms with E-state index in [1.807, 2.05) is 27.7 Å². The van der Waals surface area contributed by atoms with Gasteiger partial charge < -0.3 is 14.0 Å². The molecule has 1 aromatic carbocycles. The fourth-order valence-electron chi connectivity index (χ4n) is 1.75. The highest BCUT2D eigenvalue weighted by Gasteiger charge is 2.51. The Morgan fingerprint density at radius 3 is 2.22 bits per heavy atom. The third-order valence-corrected chi connectivity index (χ3v) is 3.60. The smallest absolute Gasteiger partial charge is 0.399 e. The maximum atomic E-state index is 7.75. The molecular formula is C14H21BO3. The zero-order chi connectivity index (χ0) is 17.7. The lowest BCUT2D eigenvalue weighted by atomic mass is 9.79. The Morgan fingerprint density at radius 2 is 1.72 bits per heavy atom. The van der Waals surface area contributed by atoms with Crippen molar-refractivity contribution in [1.82, 2.24) is 0 Å². The van der Waals surface area contributed by atoms with Crippen molar-refractivity contribution < 1.29 is 20.9 Å². The van der Waals surface area contributed by atoms with Crippen LogP contribution in [0.2, 0.25) is 0 Å². The summed E-state index contributed by atoms with van der Waals surface area (Å²) in [7, 11) is -3.36. The highest BCUT2D eigenvalue weighted by Crippen LogP contribution is 2.36. The van der Waals surface area contributed by atoms with Gasteiger partial charge in [0.05, 0.1) is 24.6 Å². The number of hydrogen-bond donors (Lipinski definition) is 0. The molecule has 98 valence electrons. The second-order valence-corrected chi connectivity index (χ2v) is 5.41. The minimum Gasteiger partial charge on any atom is -0.399 e. The van der Waals surface area contributed by atoms with E-state index in [4.69, 9.17) is 16.2 Å². The van der Waals surface area contributed by atoms with Gasteiger partial charge in [0, 0.05) is 7.04 Å². The van der Waals surface area contributed by atoms with E-state index in [0.29, 0.717) is 0 Å². The maximum Gasteiger partial charge on any atom is 0.494 e. The van der Waals surface area contributed by atoms with Crippen LogP contribution in [-0.2, 0) is 20.6 Å². The molecule has 0 bridgehead atoms. The quantitative estimate of drug-likeness (QED) is 0.772. The number of benzene rings is 1. The van der Waals surface area contributed by atoms with Crippen LogP contribution in [-0.4, -0.2) is 25.4 Å². The summed E-state index contributed by atoms with van der Waals surface area (Å²) in [6.45, 7) is 5.39. The van der Waals surface area contributed by atoms with E-state index in [9.17, 15) is 0 Å². The standard InChI is InChI=1S/C14H21BO3/c1-13(2)14(3,4)18-15(17-13)12-8-6-11(7-9-12)10-16-5/h6-9H,10H2,1-5H3/i5D3,10D2. The van der Waals surface area contributed by atoms with Crippen molar-refractivity contribution >= 4 is 12.6 Å². The van der Waals surface area contributed by atoms with Gasteiger partial charge in [-0.1, -0.05) is 24.3 Å². The van der Waals surface area contributed by atoms with Gasteiger partial charge in [0.25, 0.3) is 0 Å². The normalized spacial score (nSPS) is 26.9. The van der Waals surface area contributed by atoms with Crippen LogP contribution >= 0.6 is 0 Å². The average molecular weight is 253 g/mol. The molecule has 1 aliphatic rings. The molecule has 1 heterocycles. The Balaban J connectivity index is 2.18. The number of methoxy groups -OCH3 is 1. The zero-order valence-corrected chi connectivity index (χ0v) is 11.1. The molecule has 0 amide bonds. The van der Waals surface area contributed by atoms with Gasteiger partial charge in [-0.3, -0.25) is 0 Å². The predicted octanol–water partition coefficient (Wildman–Crippen LogP) is 2.13. The van der Waals surface area contributed by atoms with Crippen molar-refractivity contribution in [3.05, 3.63) is 29.8 Å². The van der Waals surface area contributed by atoms with Crippen molar-refractivity contribution in [1.29, 1.82) is 0 Å². The van der Waals surface area contributed by atoms with Gasteiger partial charge in [-0.05, 0) is 38.7 Å². The fraction of sp³-hybridized carbons (Fsp3) is 0.571. The van der Waals surface area contributed by atoms with Crippen LogP contribution in [0.3, 0.4) is 0 Å². The molecule has 1 saturated heterocycles. The first-order valence-electron chi connectivity index (χ1n) is 8.40. The van der Waals surface area contributed by atoms with E-state index < -0.39 is 31.9 Å². The lowest BCUT2D eigenvalue weighted by molar-refractivity contribution is 0.00578. The summed E-state index contributed by atoms with van der Waals surface area (Å²) in [4.78, 5) is 0. The first-order chi connectivity index (χ1) is 10.2. The van der Waals surface area contributed by atoms with E-state index in [1.165, 1.54) is 12.1 Å². The lowest BCUT2D eigenvalue weighted by Crippen LogP contribution is -2.41. The third-order valence-electron chi connectivity index (χ3n) is 3.60. The minimum absolute atomic E-state index is 0.119. The molecule has 0 aromatic heterocycles. The van der Waals surface area contributed by atoms with E-state index >= 15 is 0 Å². The van der Waals surface area contributed by atoms with Crippen molar-refractivity contribution in [2.45, 2.75) is 45.5 Å². The molecule has 0 unspecified atom stereocenters. The third kappa shape index (κ3) is 2.46. The van der Waals surface area contributed by atoms with Crippen molar-refractivity contribution in [2.24, 2.45) is 0 Å². The summed E-state index contributed by atoms with van der Waals surface area (Å²) in [5.41, 5.74) is -0.0732. The van der Waals surface area contributed by atoms with Crippen LogP contribution in [0.1, 0.15) is 40.1 Å². The molecule has 18 heavy (non-hydrogen) atoms. The summed E-state index contributed by atoms with van der Waals surface area (Å²) >= 11 is 0. The van der Waals surface area contributed by atoms with Crippen LogP contribution in [0.15, 0.2) is 24.3 Å². The number of rotatable bonds is 3. The fourth-order valence-corrected chi connectivity index (χ4v) is 1.75. The Hall–Kier alpha value is -0.835. The van der Waals surface area contributed by atoms with Gasteiger partial charge >= 0.3 is 7.12 Å². The van der Waals surface area contributed by atoms with Crippen LogP contribution < -0.4 is 5.46 Å². The topological polar surface area (TPSA) is 27.7 Å². The zero-order valence-electron chi connectivity index (χ0n) is 16.1. The summed E-state index contributed by atoms with van der Waals surface area (Å²) in [5.74, 6) is 0. The van der Waals surface area contributed by atoms with Crippen LogP contribution in [0, 0.1) is 0 Å². The lowest BCUT2D eigenvalue weighted by Gasteiger charge is -2.32. The van der Waals surface area contributed by atoms with Gasteiger partial charge in [-0.2, -0.15) is 0 Å². The second kappa shape index (κ2) is 4.69. The molecular weight excluding hydrogens is 227 g/mol. The Labute approximate surface area is 117 Å². The Kier molecular flexibility index (Phi) is 2.18. The Morgan fingerprint density at radius 1 is 1.17 bits per heavy atom. The molecule has 0 radical (unpaired) electrons. The molecule has 1 fully saturated rings. The van der Waals surface area contributed by atoms with Gasteiger partial charge in [-0.25, -0.2) is 0 Å². The van der Waals surface area contributed by atoms with Gasteiger partial charge in [0.2, 0.25) is 0 Å². The molecule has 0 spiro atoms. The molecule has 1 aliphatic heterocycles. The van der Waals surface area contributed by atoms with E-state index in [-0.39, 0.29) is 5.56 Å². The molecule has 0 saturated carbocycles. The summed E-state index contributed by atoms with van der Waals surface area (Å²) in [6, 6.07) is 6.26. The molecule has 0 N–H and O–H groups in total. The SMILES string of the molecule is [2H]C([2H])([2H])OC([2H])([2H])c1ccc(B2OC(C)(C)C(C)(C)O2)cc1. The number of ether oxygens (including phenoxy) is 1. The molecule has 3 nitrogen and oxygen atoms in total. The van der Waals surface area contributed by atoms with Crippen LogP contribution in [0.5, 0.6) is 0 Å². The molecule has 1 aromatic rings. The first-order valence-corrected chi connectivity index (χ1v) is 5.90. The second-order valence-electron chi connectivity index (χ2n) is 5.41. The number of hydrogen-bond acceptors (Lipinski definition) is 3. The van der Waals surface area contributed by atoms with E-state index in [0.717, 1.165) is 5.46 Å². The largest absolute Gasteiger partial charge is 0.494 e. The molecule has 0 aliphatic carbocycles. The first kappa shape index (κ1) is 8.36. The van der Waals surface area contributed by atoms with Crippen molar-refractivity contribution in [3.63, 3.8) is 0 Å². The highest BCUT2D eigenvalue weighted by atomic mass is 16.7. The van der Waals surface area contributed by atoms with Crippen molar-refractivity contribution in [3.8, 4) is 0 Å². The van der Waals surface area contributed by atoms with Gasteiger partial charge in [0.1, 0.15) is 0 Å². The van der Waals surface area contributed by atoms with Crippen LogP contribution in [0.25, 0.3) is 0 Å². The molecule has 2 rings (SSSR count). The average Bonchev–Trinajstić information content (AvgIpc) is 2.56. The monoisotopic (exact) mass is 253 g/mol. The Bertz CT molecular complexity index is 553.